The molecule has 4 amide bonds. The van der Waals surface area contributed by atoms with Crippen molar-refractivity contribution in [3.8, 4) is 0 Å². The SMILES string of the molecule is CCOC(=O)c1ccc(NC(=O)Nc2cc3c4c(cccc4c2)C(=O)N(C)C3=O)cc1.CN(C)N. The fourth-order valence-corrected chi connectivity index (χ4v) is 3.50. The normalized spacial score (nSPS) is 12.2. The molecule has 3 aromatic rings. The molecule has 0 bridgehead atoms. The Morgan fingerprint density at radius 2 is 1.54 bits per heavy atom. The average Bonchev–Trinajstić information content (AvgIpc) is 2.81. The Morgan fingerprint density at radius 3 is 2.17 bits per heavy atom. The number of nitrogens with zero attached hydrogens (tertiary/aromatic N) is 2. The number of urea groups is 1. The Bertz CT molecular complexity index is 1280. The highest BCUT2D eigenvalue weighted by Crippen LogP contribution is 2.32. The number of ether oxygens (including phenoxy) is 1. The number of hydrogen-bond donors (Lipinski definition) is 3. The molecule has 0 spiro atoms. The molecule has 0 radical (unpaired) electrons. The summed E-state index contributed by atoms with van der Waals surface area (Å²) in [5.41, 5.74) is 2.08. The monoisotopic (exact) mass is 477 g/mol. The molecule has 4 N–H and O–H groups in total. The number of imide groups is 1. The van der Waals surface area contributed by atoms with E-state index >= 15 is 0 Å². The van der Waals surface area contributed by atoms with E-state index < -0.39 is 17.9 Å². The van der Waals surface area contributed by atoms with Gasteiger partial charge < -0.3 is 15.4 Å². The molecule has 0 aliphatic carbocycles. The summed E-state index contributed by atoms with van der Waals surface area (Å²) in [5.74, 6) is 3.73. The lowest BCUT2D eigenvalue weighted by Gasteiger charge is -2.24. The number of nitrogens with one attached hydrogen (secondary N) is 2. The second kappa shape index (κ2) is 10.8. The van der Waals surface area contributed by atoms with Crippen molar-refractivity contribution in [2.45, 2.75) is 6.92 Å². The number of hydrazine groups is 1. The highest BCUT2D eigenvalue weighted by Gasteiger charge is 2.30. The second-order valence-electron chi connectivity index (χ2n) is 7.94. The van der Waals surface area contributed by atoms with Gasteiger partial charge in [0.25, 0.3) is 11.8 Å². The second-order valence-corrected chi connectivity index (χ2v) is 7.94. The fraction of sp³-hybridized carbons (Fsp3) is 0.200. The molecule has 10 heteroatoms. The molecule has 10 nitrogen and oxygen atoms in total. The van der Waals surface area contributed by atoms with Crippen LogP contribution in [0.2, 0.25) is 0 Å². The van der Waals surface area contributed by atoms with Gasteiger partial charge >= 0.3 is 12.0 Å². The van der Waals surface area contributed by atoms with Crippen LogP contribution in [0.5, 0.6) is 0 Å². The van der Waals surface area contributed by atoms with Crippen LogP contribution in [0.3, 0.4) is 0 Å². The lowest BCUT2D eigenvalue weighted by molar-refractivity contribution is 0.0525. The van der Waals surface area contributed by atoms with Gasteiger partial charge in [-0.2, -0.15) is 0 Å². The third-order valence-electron chi connectivity index (χ3n) is 4.96. The van der Waals surface area contributed by atoms with Gasteiger partial charge in [0.05, 0.1) is 17.7 Å². The summed E-state index contributed by atoms with van der Waals surface area (Å²) in [5, 5.41) is 8.14. The zero-order valence-corrected chi connectivity index (χ0v) is 19.9. The summed E-state index contributed by atoms with van der Waals surface area (Å²) in [4.78, 5) is 50.2. The Morgan fingerprint density at radius 1 is 0.943 bits per heavy atom. The van der Waals surface area contributed by atoms with E-state index in [0.717, 1.165) is 4.90 Å². The van der Waals surface area contributed by atoms with Crippen LogP contribution in [0.25, 0.3) is 10.8 Å². The van der Waals surface area contributed by atoms with Crippen LogP contribution in [-0.2, 0) is 4.74 Å². The summed E-state index contributed by atoms with van der Waals surface area (Å²) >= 11 is 0. The number of rotatable bonds is 4. The van der Waals surface area contributed by atoms with Gasteiger partial charge in [-0.15, -0.1) is 0 Å². The third-order valence-corrected chi connectivity index (χ3v) is 4.96. The minimum Gasteiger partial charge on any atom is -0.462 e. The number of amides is 4. The van der Waals surface area contributed by atoms with Crippen molar-refractivity contribution in [1.82, 2.24) is 9.91 Å². The van der Waals surface area contributed by atoms with E-state index in [1.54, 1.807) is 75.6 Å². The van der Waals surface area contributed by atoms with Gasteiger partial charge in [-0.3, -0.25) is 25.3 Å². The molecule has 182 valence electrons. The third kappa shape index (κ3) is 5.81. The van der Waals surface area contributed by atoms with Crippen molar-refractivity contribution in [2.24, 2.45) is 5.84 Å². The quantitative estimate of drug-likeness (QED) is 0.227. The number of hydrogen-bond acceptors (Lipinski definition) is 7. The van der Waals surface area contributed by atoms with Crippen LogP contribution in [0, 0.1) is 0 Å². The molecule has 0 saturated heterocycles. The number of carbonyl (C=O) groups is 4. The summed E-state index contributed by atoms with van der Waals surface area (Å²) < 4.78 is 4.93. The molecule has 0 fully saturated rings. The molecule has 0 saturated carbocycles. The van der Waals surface area contributed by atoms with Gasteiger partial charge in [-0.1, -0.05) is 12.1 Å². The van der Waals surface area contributed by atoms with Crippen molar-refractivity contribution in [3.63, 3.8) is 0 Å². The van der Waals surface area contributed by atoms with E-state index in [0.29, 0.717) is 38.8 Å². The molecular weight excluding hydrogens is 450 g/mol. The van der Waals surface area contributed by atoms with Crippen LogP contribution >= 0.6 is 0 Å². The van der Waals surface area contributed by atoms with E-state index in [-0.39, 0.29) is 12.5 Å². The summed E-state index contributed by atoms with van der Waals surface area (Å²) in [6, 6.07) is 14.2. The lowest BCUT2D eigenvalue weighted by Crippen LogP contribution is -2.37. The van der Waals surface area contributed by atoms with Crippen molar-refractivity contribution in [1.29, 1.82) is 0 Å². The van der Waals surface area contributed by atoms with Crippen LogP contribution in [0.15, 0.2) is 54.6 Å². The molecule has 35 heavy (non-hydrogen) atoms. The number of anilines is 2. The van der Waals surface area contributed by atoms with Crippen LogP contribution in [0.4, 0.5) is 16.2 Å². The van der Waals surface area contributed by atoms with Crippen molar-refractivity contribution >= 4 is 46.0 Å². The summed E-state index contributed by atoms with van der Waals surface area (Å²) in [7, 11) is 4.99. The van der Waals surface area contributed by atoms with Gasteiger partial charge in [-0.25, -0.2) is 9.59 Å². The molecule has 1 heterocycles. The molecule has 0 atom stereocenters. The van der Waals surface area contributed by atoms with Crippen molar-refractivity contribution in [3.05, 3.63) is 71.3 Å². The van der Waals surface area contributed by atoms with Crippen LogP contribution in [0.1, 0.15) is 38.0 Å². The smallest absolute Gasteiger partial charge is 0.338 e. The van der Waals surface area contributed by atoms with E-state index in [1.807, 2.05) is 0 Å². The van der Waals surface area contributed by atoms with Gasteiger partial charge in [-0.05, 0) is 54.8 Å². The van der Waals surface area contributed by atoms with Crippen LogP contribution in [-0.4, -0.2) is 61.5 Å². The minimum atomic E-state index is -0.515. The Labute approximate surface area is 202 Å². The van der Waals surface area contributed by atoms with Crippen molar-refractivity contribution < 1.29 is 23.9 Å². The Balaban J connectivity index is 0.000000795. The highest BCUT2D eigenvalue weighted by atomic mass is 16.5. The first-order valence-electron chi connectivity index (χ1n) is 10.8. The lowest BCUT2D eigenvalue weighted by atomic mass is 9.94. The van der Waals surface area contributed by atoms with E-state index in [2.05, 4.69) is 10.6 Å². The molecular formula is C25H27N5O5. The van der Waals surface area contributed by atoms with E-state index in [4.69, 9.17) is 10.6 Å². The number of nitrogens with two attached hydrogens (primary N) is 1. The summed E-state index contributed by atoms with van der Waals surface area (Å²) in [6.45, 7) is 2.01. The van der Waals surface area contributed by atoms with Gasteiger partial charge in [0.2, 0.25) is 0 Å². The maximum Gasteiger partial charge on any atom is 0.338 e. The van der Waals surface area contributed by atoms with Crippen molar-refractivity contribution in [2.75, 3.05) is 38.4 Å². The first-order valence-corrected chi connectivity index (χ1v) is 10.8. The number of carbonyl (C=O) groups excluding carboxylic acids is 4. The molecule has 1 aliphatic rings. The maximum atomic E-state index is 12.6. The predicted octanol–water partition coefficient (Wildman–Crippen LogP) is 3.31. The molecule has 0 unspecified atom stereocenters. The minimum absolute atomic E-state index is 0.281. The topological polar surface area (TPSA) is 134 Å². The summed E-state index contributed by atoms with van der Waals surface area (Å²) in [6.07, 6.45) is 0. The average molecular weight is 478 g/mol. The largest absolute Gasteiger partial charge is 0.462 e. The predicted molar refractivity (Wildman–Crippen MR) is 133 cm³/mol. The highest BCUT2D eigenvalue weighted by molar-refractivity contribution is 6.26. The van der Waals surface area contributed by atoms with E-state index in [1.165, 1.54) is 12.1 Å². The zero-order chi connectivity index (χ0) is 25.7. The number of benzene rings is 3. The van der Waals surface area contributed by atoms with Gasteiger partial charge in [0, 0.05) is 43.5 Å². The first kappa shape index (κ1) is 25.3. The molecule has 1 aliphatic heterocycles. The van der Waals surface area contributed by atoms with Gasteiger partial charge in [0.15, 0.2) is 0 Å². The maximum absolute atomic E-state index is 12.6. The van der Waals surface area contributed by atoms with Crippen LogP contribution < -0.4 is 16.5 Å². The Kier molecular flexibility index (Phi) is 7.80. The fourth-order valence-electron chi connectivity index (χ4n) is 3.50. The number of esters is 1. The van der Waals surface area contributed by atoms with E-state index in [9.17, 15) is 19.2 Å². The molecule has 4 rings (SSSR count). The Hall–Kier alpha value is -4.28. The standard InChI is InChI=1S/C23H19N3O5.C2H8N2/c1-3-31-22(29)13-7-9-15(10-8-13)24-23(30)25-16-11-14-5-4-6-17-19(14)18(12-16)21(28)26(2)20(17)27;1-4(2)3/h4-12H,3H2,1-2H3,(H2,24,25,30);3H2,1-2H3. The first-order chi connectivity index (χ1) is 16.6. The zero-order valence-electron chi connectivity index (χ0n) is 19.9. The van der Waals surface area contributed by atoms with Gasteiger partial charge in [0.1, 0.15) is 0 Å². The molecule has 0 aromatic heterocycles. The molecule has 3 aromatic carbocycles.